The van der Waals surface area contributed by atoms with E-state index in [1.165, 1.54) is 22.3 Å². The number of hydrogen-bond donors (Lipinski definition) is 1. The lowest BCUT2D eigenvalue weighted by Crippen LogP contribution is -2.17. The molecule has 5 aromatic carbocycles. The van der Waals surface area contributed by atoms with Crippen LogP contribution in [0.4, 0.5) is 5.69 Å². The third kappa shape index (κ3) is 7.15. The van der Waals surface area contributed by atoms with Gasteiger partial charge in [-0.05, 0) is 75.3 Å². The van der Waals surface area contributed by atoms with E-state index in [0.717, 1.165) is 55.1 Å². The highest BCUT2D eigenvalue weighted by Crippen LogP contribution is 2.41. The number of phenols is 1. The fraction of sp³-hybridized carbons (Fsp3) is 0.273. The Morgan fingerprint density at radius 1 is 0.729 bits per heavy atom. The molecule has 1 N–H and O–H groups in total. The first kappa shape index (κ1) is 33.4. The molecule has 1 heterocycles. The van der Waals surface area contributed by atoms with Crippen molar-refractivity contribution in [1.82, 2.24) is 4.98 Å². The van der Waals surface area contributed by atoms with Crippen LogP contribution in [0.15, 0.2) is 108 Å². The molecule has 0 spiro atoms. The highest BCUT2D eigenvalue weighted by Gasteiger charge is 2.24. The zero-order valence-corrected chi connectivity index (χ0v) is 30.2. The second-order valence-corrected chi connectivity index (χ2v) is 16.3. The van der Waals surface area contributed by atoms with Gasteiger partial charge in [0, 0.05) is 28.5 Å². The predicted octanol–water partition coefficient (Wildman–Crippen LogP) is 12.5. The number of phenolic OH excluding ortho intramolecular Hbond substituents is 1. The van der Waals surface area contributed by atoms with Crippen LogP contribution in [-0.4, -0.2) is 16.3 Å². The molecule has 4 heteroatoms. The highest BCUT2D eigenvalue weighted by atomic mass is 32.1. The molecule has 0 saturated heterocycles. The van der Waals surface area contributed by atoms with Crippen molar-refractivity contribution in [2.24, 2.45) is 10.9 Å². The molecule has 0 unspecified atom stereocenters. The zero-order chi connectivity index (χ0) is 34.2. The van der Waals surface area contributed by atoms with E-state index in [9.17, 15) is 5.11 Å². The van der Waals surface area contributed by atoms with Crippen molar-refractivity contribution < 1.29 is 5.11 Å². The summed E-state index contributed by atoms with van der Waals surface area (Å²) >= 11 is 1.68. The number of para-hydroxylation sites is 2. The quantitative estimate of drug-likeness (QED) is 0.175. The van der Waals surface area contributed by atoms with E-state index in [0.29, 0.717) is 5.92 Å². The minimum atomic E-state index is -0.205. The number of aliphatic imine (C=N–C) groups is 1. The average Bonchev–Trinajstić information content (AvgIpc) is 3.48. The maximum absolute atomic E-state index is 11.3. The topological polar surface area (TPSA) is 45.5 Å². The lowest BCUT2D eigenvalue weighted by molar-refractivity contribution is 0.444. The number of fused-ring (bicyclic) bond motifs is 1. The van der Waals surface area contributed by atoms with E-state index < -0.39 is 0 Å². The lowest BCUT2D eigenvalue weighted by atomic mass is 9.79. The maximum Gasteiger partial charge on any atom is 0.128 e. The predicted molar refractivity (Wildman–Crippen MR) is 207 cm³/mol. The molecule has 0 saturated carbocycles. The summed E-state index contributed by atoms with van der Waals surface area (Å²) in [5.41, 5.74) is 11.4. The molecule has 6 aromatic rings. The molecule has 0 fully saturated rings. The molecule has 6 rings (SSSR count). The number of nitrogens with zero attached hydrogens (tertiary/aromatic N) is 2. The summed E-state index contributed by atoms with van der Waals surface area (Å²) < 4.78 is 1.14. The van der Waals surface area contributed by atoms with Crippen molar-refractivity contribution in [2.45, 2.75) is 72.6 Å². The van der Waals surface area contributed by atoms with Crippen molar-refractivity contribution in [3.8, 4) is 38.6 Å². The Labute approximate surface area is 290 Å². The standard InChI is InChI=1S/C44H46N2OS/c1-28(2)24-29-16-18-30(19-17-29)31-20-22-32(23-21-31)35-13-11-15-39-40(35)46-42(48-39)36-12-9-10-14-38(36)45-27-33-25-34(43(3,4)5)26-37(41(33)47)44(6,7)8/h9-23,25-28,47H,24H2,1-8H3. The van der Waals surface area contributed by atoms with Gasteiger partial charge in [-0.2, -0.15) is 0 Å². The fourth-order valence-electron chi connectivity index (χ4n) is 6.11. The summed E-state index contributed by atoms with van der Waals surface area (Å²) in [7, 11) is 0. The fourth-order valence-corrected chi connectivity index (χ4v) is 7.14. The molecule has 0 aliphatic rings. The average molecular weight is 651 g/mol. The smallest absolute Gasteiger partial charge is 0.128 e. The van der Waals surface area contributed by atoms with Crippen molar-refractivity contribution in [3.05, 3.63) is 125 Å². The van der Waals surface area contributed by atoms with E-state index in [1.807, 2.05) is 18.2 Å². The van der Waals surface area contributed by atoms with Gasteiger partial charge >= 0.3 is 0 Å². The summed E-state index contributed by atoms with van der Waals surface area (Å²) in [5, 5.41) is 12.3. The Balaban J connectivity index is 1.33. The Bertz CT molecular complexity index is 2090. The Kier molecular flexibility index (Phi) is 9.15. The second kappa shape index (κ2) is 13.2. The second-order valence-electron chi connectivity index (χ2n) is 15.3. The molecule has 48 heavy (non-hydrogen) atoms. The van der Waals surface area contributed by atoms with Gasteiger partial charge in [0.15, 0.2) is 0 Å². The zero-order valence-electron chi connectivity index (χ0n) is 29.4. The van der Waals surface area contributed by atoms with Crippen LogP contribution in [0.3, 0.4) is 0 Å². The van der Waals surface area contributed by atoms with Crippen molar-refractivity contribution in [1.29, 1.82) is 0 Å². The van der Waals surface area contributed by atoms with E-state index >= 15 is 0 Å². The lowest BCUT2D eigenvalue weighted by Gasteiger charge is -2.27. The number of aromatic nitrogens is 1. The summed E-state index contributed by atoms with van der Waals surface area (Å²) in [6.45, 7) is 17.5. The van der Waals surface area contributed by atoms with Gasteiger partial charge in [-0.3, -0.25) is 4.99 Å². The van der Waals surface area contributed by atoms with Crippen LogP contribution in [0, 0.1) is 5.92 Å². The monoisotopic (exact) mass is 650 g/mol. The molecule has 1 aromatic heterocycles. The van der Waals surface area contributed by atoms with Crippen molar-refractivity contribution in [2.75, 3.05) is 0 Å². The van der Waals surface area contributed by atoms with Crippen molar-refractivity contribution in [3.63, 3.8) is 0 Å². The summed E-state index contributed by atoms with van der Waals surface area (Å²) in [5.74, 6) is 0.938. The van der Waals surface area contributed by atoms with E-state index in [2.05, 4.69) is 140 Å². The minimum Gasteiger partial charge on any atom is -0.507 e. The molecule has 0 aliphatic heterocycles. The third-order valence-electron chi connectivity index (χ3n) is 8.84. The van der Waals surface area contributed by atoms with Crippen LogP contribution in [0.2, 0.25) is 0 Å². The molecule has 0 atom stereocenters. The van der Waals surface area contributed by atoms with Crippen LogP contribution in [0.25, 0.3) is 43.0 Å². The van der Waals surface area contributed by atoms with Crippen LogP contribution >= 0.6 is 11.3 Å². The van der Waals surface area contributed by atoms with Gasteiger partial charge in [-0.25, -0.2) is 4.98 Å². The number of rotatable bonds is 7. The van der Waals surface area contributed by atoms with Gasteiger partial charge < -0.3 is 5.11 Å². The number of aromatic hydroxyl groups is 1. The third-order valence-corrected chi connectivity index (χ3v) is 9.89. The first-order valence-corrected chi connectivity index (χ1v) is 17.7. The van der Waals surface area contributed by atoms with Gasteiger partial charge in [-0.15, -0.1) is 11.3 Å². The van der Waals surface area contributed by atoms with Crippen LogP contribution in [0.5, 0.6) is 5.75 Å². The molecule has 0 bridgehead atoms. The van der Waals surface area contributed by atoms with Gasteiger partial charge in [0.1, 0.15) is 10.8 Å². The molecule has 3 nitrogen and oxygen atoms in total. The number of benzene rings is 5. The Morgan fingerprint density at radius 3 is 2.00 bits per heavy atom. The first-order valence-electron chi connectivity index (χ1n) is 16.9. The Morgan fingerprint density at radius 2 is 1.35 bits per heavy atom. The SMILES string of the molecule is CC(C)Cc1ccc(-c2ccc(-c3cccc4sc(-c5ccccc5N=Cc5cc(C(C)(C)C)cc(C(C)(C)C)c5O)nc34)cc2)cc1. The summed E-state index contributed by atoms with van der Waals surface area (Å²) in [6.07, 6.45) is 2.90. The van der Waals surface area contributed by atoms with Gasteiger partial charge in [0.25, 0.3) is 0 Å². The van der Waals surface area contributed by atoms with Gasteiger partial charge in [0.05, 0.1) is 15.9 Å². The number of thiazole rings is 1. The molecule has 244 valence electrons. The Hall–Kier alpha value is -4.54. The van der Waals surface area contributed by atoms with Crippen LogP contribution in [0.1, 0.15) is 77.6 Å². The normalized spacial score (nSPS) is 12.4. The minimum absolute atomic E-state index is 0.0635. The summed E-state index contributed by atoms with van der Waals surface area (Å²) in [4.78, 5) is 10.1. The summed E-state index contributed by atoms with van der Waals surface area (Å²) in [6, 6.07) is 36.5. The van der Waals surface area contributed by atoms with E-state index in [-0.39, 0.29) is 16.6 Å². The largest absolute Gasteiger partial charge is 0.507 e. The van der Waals surface area contributed by atoms with E-state index in [4.69, 9.17) is 9.98 Å². The maximum atomic E-state index is 11.3. The van der Waals surface area contributed by atoms with E-state index in [1.54, 1.807) is 17.6 Å². The van der Waals surface area contributed by atoms with Gasteiger partial charge in [-0.1, -0.05) is 134 Å². The first-order chi connectivity index (χ1) is 22.8. The molecule has 0 radical (unpaired) electrons. The van der Waals surface area contributed by atoms with Crippen molar-refractivity contribution >= 4 is 33.5 Å². The van der Waals surface area contributed by atoms with Crippen LogP contribution in [-0.2, 0) is 17.3 Å². The molecular weight excluding hydrogens is 605 g/mol. The number of hydrogen-bond acceptors (Lipinski definition) is 4. The molecule has 0 aliphatic carbocycles. The molecule has 0 amide bonds. The van der Waals surface area contributed by atoms with Crippen LogP contribution < -0.4 is 0 Å². The van der Waals surface area contributed by atoms with Gasteiger partial charge in [0.2, 0.25) is 0 Å². The highest BCUT2D eigenvalue weighted by molar-refractivity contribution is 7.21. The molecular formula is C44H46N2OS.